The first-order chi connectivity index (χ1) is 16.2. The van der Waals surface area contributed by atoms with Gasteiger partial charge < -0.3 is 5.11 Å². The van der Waals surface area contributed by atoms with Gasteiger partial charge in [0.05, 0.1) is 9.94 Å². The monoisotopic (exact) mass is 493 g/mol. The molecule has 0 saturated carbocycles. The molecule has 0 amide bonds. The number of benzene rings is 1. The standard InChI is InChI=1S/C15H19F2NS.C11H16.C2H6.CH4O/c1-5-6-7-14(18-4)19-15-12(16)8-11(10(2)3)9-13(15)17;1-4-5-10-6-7-11(8-10)9(2)3;2*1-2/h8-9H,2,5-7H2,1,3-4H3;6-7H,2,4-5,8H2,1,3H3;1-2H3;2H,1H3. The molecule has 0 bridgehead atoms. The van der Waals surface area contributed by atoms with Crippen LogP contribution in [0.15, 0.2) is 64.0 Å². The smallest absolute Gasteiger partial charge is 0.140 e. The summed E-state index contributed by atoms with van der Waals surface area (Å²) in [5.41, 5.74) is 5.32. The van der Waals surface area contributed by atoms with Crippen LogP contribution < -0.4 is 0 Å². The van der Waals surface area contributed by atoms with Gasteiger partial charge >= 0.3 is 0 Å². The first-order valence-corrected chi connectivity index (χ1v) is 12.8. The van der Waals surface area contributed by atoms with Crippen LogP contribution in [0.3, 0.4) is 0 Å². The molecule has 0 aliphatic heterocycles. The van der Waals surface area contributed by atoms with E-state index in [1.165, 1.54) is 36.1 Å². The number of rotatable bonds is 8. The average molecular weight is 494 g/mol. The quantitative estimate of drug-likeness (QED) is 0.222. The Labute approximate surface area is 211 Å². The van der Waals surface area contributed by atoms with Gasteiger partial charge in [-0.05, 0) is 62.8 Å². The van der Waals surface area contributed by atoms with Crippen molar-refractivity contribution in [1.29, 1.82) is 0 Å². The van der Waals surface area contributed by atoms with E-state index in [0.717, 1.165) is 49.6 Å². The van der Waals surface area contributed by atoms with Gasteiger partial charge in [0.15, 0.2) is 0 Å². The first kappa shape index (κ1) is 34.2. The van der Waals surface area contributed by atoms with Crippen molar-refractivity contribution in [3.8, 4) is 0 Å². The molecule has 2 nitrogen and oxygen atoms in total. The highest BCUT2D eigenvalue weighted by atomic mass is 32.2. The van der Waals surface area contributed by atoms with E-state index < -0.39 is 11.6 Å². The predicted molar refractivity (Wildman–Crippen MR) is 150 cm³/mol. The van der Waals surface area contributed by atoms with Crippen molar-refractivity contribution in [2.75, 3.05) is 14.2 Å². The summed E-state index contributed by atoms with van der Waals surface area (Å²) in [7, 11) is 2.65. The SMILES string of the molecule is C=C(C)C1=CC=C(CCC)C1.C=C(C)c1cc(F)c(SC(CCCC)=NC)c(F)c1.CC.CO. The third-order valence-corrected chi connectivity index (χ3v) is 5.98. The van der Waals surface area contributed by atoms with Crippen LogP contribution in [-0.4, -0.2) is 24.3 Å². The van der Waals surface area contributed by atoms with Gasteiger partial charge in [-0.25, -0.2) is 8.78 Å². The number of nitrogens with zero attached hydrogens (tertiary/aromatic N) is 1. The Balaban J connectivity index is 0. The Bertz CT molecular complexity index is 831. The van der Waals surface area contributed by atoms with E-state index >= 15 is 0 Å². The van der Waals surface area contributed by atoms with Crippen molar-refractivity contribution < 1.29 is 13.9 Å². The van der Waals surface area contributed by atoms with E-state index in [9.17, 15) is 8.78 Å². The van der Waals surface area contributed by atoms with Crippen molar-refractivity contribution in [1.82, 2.24) is 0 Å². The van der Waals surface area contributed by atoms with E-state index in [2.05, 4.69) is 51.1 Å². The lowest BCUT2D eigenvalue weighted by Crippen LogP contribution is -1.97. The Morgan fingerprint density at radius 1 is 1.00 bits per heavy atom. The number of unbranched alkanes of at least 4 members (excludes halogenated alkanes) is 1. The summed E-state index contributed by atoms with van der Waals surface area (Å²) < 4.78 is 27.9. The van der Waals surface area contributed by atoms with Crippen LogP contribution in [0, 0.1) is 11.6 Å². The van der Waals surface area contributed by atoms with Crippen LogP contribution in [0.5, 0.6) is 0 Å². The Hall–Kier alpha value is -1.98. The van der Waals surface area contributed by atoms with Gasteiger partial charge in [-0.2, -0.15) is 0 Å². The maximum absolute atomic E-state index is 13.9. The molecule has 0 radical (unpaired) electrons. The number of aliphatic hydroxyl groups is 1. The highest BCUT2D eigenvalue weighted by Crippen LogP contribution is 2.30. The molecule has 1 aromatic rings. The number of hydrogen-bond donors (Lipinski definition) is 1. The number of thioether (sulfide) groups is 1. The molecule has 0 spiro atoms. The summed E-state index contributed by atoms with van der Waals surface area (Å²) in [6.45, 7) is 19.7. The third kappa shape index (κ3) is 13.0. The molecular formula is C29H45F2NOS. The van der Waals surface area contributed by atoms with Gasteiger partial charge in [-0.1, -0.05) is 94.3 Å². The highest BCUT2D eigenvalue weighted by Gasteiger charge is 2.14. The van der Waals surface area contributed by atoms with E-state index in [0.29, 0.717) is 11.1 Å². The molecule has 0 unspecified atom stereocenters. The lowest BCUT2D eigenvalue weighted by Gasteiger charge is -2.09. The normalized spacial score (nSPS) is 12.1. The lowest BCUT2D eigenvalue weighted by molar-refractivity contribution is 0.399. The van der Waals surface area contributed by atoms with Crippen molar-refractivity contribution in [3.63, 3.8) is 0 Å². The minimum absolute atomic E-state index is 0.0155. The fourth-order valence-electron chi connectivity index (χ4n) is 2.92. The van der Waals surface area contributed by atoms with Gasteiger partial charge in [-0.3, -0.25) is 4.99 Å². The molecule has 34 heavy (non-hydrogen) atoms. The molecular weight excluding hydrogens is 448 g/mol. The van der Waals surface area contributed by atoms with Crippen molar-refractivity contribution >= 4 is 22.4 Å². The molecule has 1 aliphatic carbocycles. The zero-order valence-corrected chi connectivity index (χ0v) is 23.3. The lowest BCUT2D eigenvalue weighted by atomic mass is 10.0. The molecule has 1 aromatic carbocycles. The molecule has 1 aliphatic rings. The van der Waals surface area contributed by atoms with Gasteiger partial charge in [0.2, 0.25) is 0 Å². The van der Waals surface area contributed by atoms with Crippen LogP contribution in [0.1, 0.15) is 85.6 Å². The maximum atomic E-state index is 13.9. The van der Waals surface area contributed by atoms with Gasteiger partial charge in [0.1, 0.15) is 11.6 Å². The van der Waals surface area contributed by atoms with Crippen LogP contribution in [0.25, 0.3) is 5.57 Å². The zero-order valence-electron chi connectivity index (χ0n) is 22.5. The average Bonchev–Trinajstić information content (AvgIpc) is 3.30. The van der Waals surface area contributed by atoms with Gasteiger partial charge in [0, 0.05) is 14.2 Å². The Morgan fingerprint density at radius 3 is 1.94 bits per heavy atom. The molecule has 1 N–H and O–H groups in total. The zero-order chi connectivity index (χ0) is 26.7. The number of allylic oxidation sites excluding steroid dienone is 6. The molecule has 0 atom stereocenters. The number of aliphatic imine (C=N–C) groups is 1. The molecule has 192 valence electrons. The third-order valence-electron chi connectivity index (χ3n) is 4.76. The van der Waals surface area contributed by atoms with Crippen molar-refractivity contribution in [3.05, 3.63) is 71.4 Å². The molecule has 0 heterocycles. The fraction of sp³-hybridized carbons (Fsp3) is 0.483. The highest BCUT2D eigenvalue weighted by molar-refractivity contribution is 8.14. The minimum Gasteiger partial charge on any atom is -0.400 e. The summed E-state index contributed by atoms with van der Waals surface area (Å²) in [5.74, 6) is -1.11. The largest absolute Gasteiger partial charge is 0.400 e. The predicted octanol–water partition coefficient (Wildman–Crippen LogP) is 9.56. The van der Waals surface area contributed by atoms with Gasteiger partial charge in [-0.15, -0.1) is 0 Å². The molecule has 0 aromatic heterocycles. The molecule has 5 heteroatoms. The van der Waals surface area contributed by atoms with Crippen LogP contribution >= 0.6 is 11.8 Å². The summed E-state index contributed by atoms with van der Waals surface area (Å²) in [4.78, 5) is 4.10. The van der Waals surface area contributed by atoms with E-state index in [1.54, 1.807) is 19.5 Å². The topological polar surface area (TPSA) is 32.6 Å². The van der Waals surface area contributed by atoms with Crippen LogP contribution in [0.2, 0.25) is 0 Å². The first-order valence-electron chi connectivity index (χ1n) is 12.0. The van der Waals surface area contributed by atoms with Crippen molar-refractivity contribution in [2.24, 2.45) is 4.99 Å². The van der Waals surface area contributed by atoms with Crippen molar-refractivity contribution in [2.45, 2.75) is 85.0 Å². The van der Waals surface area contributed by atoms with E-state index in [-0.39, 0.29) is 4.90 Å². The summed E-state index contributed by atoms with van der Waals surface area (Å²) in [6.07, 6.45) is 10.8. The second kappa shape index (κ2) is 20.4. The summed E-state index contributed by atoms with van der Waals surface area (Å²) >= 11 is 1.07. The Morgan fingerprint density at radius 2 is 1.56 bits per heavy atom. The Kier molecular flexibility index (Phi) is 20.5. The molecule has 0 fully saturated rings. The van der Waals surface area contributed by atoms with Crippen LogP contribution in [-0.2, 0) is 0 Å². The second-order valence-electron chi connectivity index (χ2n) is 7.60. The summed E-state index contributed by atoms with van der Waals surface area (Å²) in [6, 6.07) is 2.64. The fourth-order valence-corrected chi connectivity index (χ4v) is 3.81. The van der Waals surface area contributed by atoms with Gasteiger partial charge in [0.25, 0.3) is 0 Å². The summed E-state index contributed by atoms with van der Waals surface area (Å²) in [5, 5.41) is 7.75. The molecule has 0 saturated heterocycles. The van der Waals surface area contributed by atoms with E-state index in [1.807, 2.05) is 13.8 Å². The maximum Gasteiger partial charge on any atom is 0.140 e. The molecule has 2 rings (SSSR count). The minimum atomic E-state index is -0.555. The van der Waals surface area contributed by atoms with E-state index in [4.69, 9.17) is 5.11 Å². The number of halogens is 2. The number of hydrogen-bond acceptors (Lipinski definition) is 3. The van der Waals surface area contributed by atoms with Crippen LogP contribution in [0.4, 0.5) is 8.78 Å². The number of aliphatic hydroxyl groups excluding tert-OH is 1. The second-order valence-corrected chi connectivity index (χ2v) is 8.68.